The van der Waals surface area contributed by atoms with Crippen molar-refractivity contribution in [3.8, 4) is 0 Å². The third kappa shape index (κ3) is 5.81. The van der Waals surface area contributed by atoms with Gasteiger partial charge in [0.1, 0.15) is 0 Å². The first-order valence-corrected chi connectivity index (χ1v) is 6.15. The Balaban J connectivity index is 4.20. The van der Waals surface area contributed by atoms with E-state index in [4.69, 9.17) is 0 Å². The highest BCUT2D eigenvalue weighted by atomic mass is 14.2. The van der Waals surface area contributed by atoms with Crippen molar-refractivity contribution < 1.29 is 0 Å². The molecule has 0 nitrogen and oxygen atoms in total. The molecule has 0 fully saturated rings. The van der Waals surface area contributed by atoms with E-state index in [2.05, 4.69) is 53.9 Å². The normalized spacial score (nSPS) is 17.2. The lowest BCUT2D eigenvalue weighted by atomic mass is 9.80. The Bertz CT molecular complexity index is 200. The highest BCUT2D eigenvalue weighted by Crippen LogP contribution is 2.28. The van der Waals surface area contributed by atoms with Crippen LogP contribution in [-0.2, 0) is 0 Å². The second-order valence-corrected chi connectivity index (χ2v) is 5.50. The summed E-state index contributed by atoms with van der Waals surface area (Å²) in [5.74, 6) is 2.90. The summed E-state index contributed by atoms with van der Waals surface area (Å²) in [6.07, 6.45) is 4.49. The van der Waals surface area contributed by atoms with E-state index in [1.165, 1.54) is 12.0 Å². The van der Waals surface area contributed by atoms with Gasteiger partial charge in [-0.15, -0.1) is 13.2 Å². The molecule has 0 saturated heterocycles. The monoisotopic (exact) mass is 208 g/mol. The quantitative estimate of drug-likeness (QED) is 0.512. The smallest absolute Gasteiger partial charge is 0.0173 e. The van der Waals surface area contributed by atoms with E-state index < -0.39 is 0 Å². The van der Waals surface area contributed by atoms with Crippen LogP contribution in [0.3, 0.4) is 0 Å². The standard InChI is InChI=1S/C15H28/c1-8-15(9-11(2)3)14(7)10-13(6)12(4)5/h8,12-15H,1-2,9-10H2,3-7H3. The predicted molar refractivity (Wildman–Crippen MR) is 70.9 cm³/mol. The number of rotatable bonds is 7. The van der Waals surface area contributed by atoms with Gasteiger partial charge in [0, 0.05) is 0 Å². The van der Waals surface area contributed by atoms with Crippen molar-refractivity contribution in [3.63, 3.8) is 0 Å². The summed E-state index contributed by atoms with van der Waals surface area (Å²) in [6, 6.07) is 0. The van der Waals surface area contributed by atoms with Crippen LogP contribution in [0.4, 0.5) is 0 Å². The SMILES string of the molecule is C=CC(CC(=C)C)C(C)CC(C)C(C)C. The molecule has 0 rings (SSSR count). The van der Waals surface area contributed by atoms with Crippen molar-refractivity contribution in [2.24, 2.45) is 23.7 Å². The van der Waals surface area contributed by atoms with Crippen LogP contribution in [0.1, 0.15) is 47.5 Å². The van der Waals surface area contributed by atoms with Crippen molar-refractivity contribution in [2.75, 3.05) is 0 Å². The van der Waals surface area contributed by atoms with Crippen molar-refractivity contribution >= 4 is 0 Å². The van der Waals surface area contributed by atoms with Gasteiger partial charge >= 0.3 is 0 Å². The molecule has 0 aliphatic carbocycles. The van der Waals surface area contributed by atoms with Gasteiger partial charge in [0.25, 0.3) is 0 Å². The number of hydrogen-bond donors (Lipinski definition) is 0. The number of hydrogen-bond acceptors (Lipinski definition) is 0. The molecule has 0 saturated carbocycles. The Hall–Kier alpha value is -0.520. The summed E-state index contributed by atoms with van der Waals surface area (Å²) < 4.78 is 0. The van der Waals surface area contributed by atoms with Crippen LogP contribution in [-0.4, -0.2) is 0 Å². The van der Waals surface area contributed by atoms with Crippen LogP contribution >= 0.6 is 0 Å². The van der Waals surface area contributed by atoms with Gasteiger partial charge in [-0.2, -0.15) is 0 Å². The van der Waals surface area contributed by atoms with E-state index >= 15 is 0 Å². The summed E-state index contributed by atoms with van der Waals surface area (Å²) >= 11 is 0. The highest BCUT2D eigenvalue weighted by molar-refractivity contribution is 4.97. The van der Waals surface area contributed by atoms with E-state index in [9.17, 15) is 0 Å². The fourth-order valence-electron chi connectivity index (χ4n) is 1.95. The van der Waals surface area contributed by atoms with Crippen molar-refractivity contribution in [3.05, 3.63) is 24.8 Å². The summed E-state index contributed by atoms with van der Waals surface area (Å²) in [7, 11) is 0. The largest absolute Gasteiger partial charge is 0.103 e. The fourth-order valence-corrected chi connectivity index (χ4v) is 1.95. The Morgan fingerprint density at radius 1 is 1.13 bits per heavy atom. The van der Waals surface area contributed by atoms with Gasteiger partial charge in [0.2, 0.25) is 0 Å². The maximum absolute atomic E-state index is 3.99. The van der Waals surface area contributed by atoms with Crippen molar-refractivity contribution in [1.29, 1.82) is 0 Å². The molecule has 0 aliphatic heterocycles. The second kappa shape index (κ2) is 6.87. The van der Waals surface area contributed by atoms with Gasteiger partial charge in [-0.3, -0.25) is 0 Å². The van der Waals surface area contributed by atoms with Gasteiger partial charge < -0.3 is 0 Å². The molecule has 0 N–H and O–H groups in total. The van der Waals surface area contributed by atoms with E-state index in [0.29, 0.717) is 5.92 Å². The van der Waals surface area contributed by atoms with Gasteiger partial charge in [0.05, 0.1) is 0 Å². The summed E-state index contributed by atoms with van der Waals surface area (Å²) in [6.45, 7) is 19.3. The molecule has 3 unspecified atom stereocenters. The third-order valence-electron chi connectivity index (χ3n) is 3.50. The Labute approximate surface area is 96.5 Å². The van der Waals surface area contributed by atoms with Crippen LogP contribution in [0.5, 0.6) is 0 Å². The Morgan fingerprint density at radius 3 is 2.00 bits per heavy atom. The molecule has 0 spiro atoms. The van der Waals surface area contributed by atoms with Crippen LogP contribution in [0.15, 0.2) is 24.8 Å². The van der Waals surface area contributed by atoms with Crippen molar-refractivity contribution in [2.45, 2.75) is 47.5 Å². The van der Waals surface area contributed by atoms with E-state index in [1.807, 2.05) is 0 Å². The highest BCUT2D eigenvalue weighted by Gasteiger charge is 2.18. The lowest BCUT2D eigenvalue weighted by Crippen LogP contribution is -2.16. The van der Waals surface area contributed by atoms with Gasteiger partial charge in [-0.05, 0) is 43.4 Å². The molecule has 0 bridgehead atoms. The van der Waals surface area contributed by atoms with Crippen LogP contribution in [0.25, 0.3) is 0 Å². The average molecular weight is 208 g/mol. The van der Waals surface area contributed by atoms with Gasteiger partial charge in [-0.25, -0.2) is 0 Å². The lowest BCUT2D eigenvalue weighted by Gasteiger charge is -2.25. The molecular weight excluding hydrogens is 180 g/mol. The van der Waals surface area contributed by atoms with Crippen LogP contribution < -0.4 is 0 Å². The average Bonchev–Trinajstić information content (AvgIpc) is 2.13. The molecule has 3 atom stereocenters. The molecule has 0 aromatic heterocycles. The molecule has 15 heavy (non-hydrogen) atoms. The first kappa shape index (κ1) is 14.5. The minimum atomic E-state index is 0.601. The zero-order chi connectivity index (χ0) is 12.0. The van der Waals surface area contributed by atoms with E-state index in [-0.39, 0.29) is 0 Å². The molecule has 0 heteroatoms. The predicted octanol–water partition coefficient (Wildman–Crippen LogP) is 5.07. The van der Waals surface area contributed by atoms with Gasteiger partial charge in [-0.1, -0.05) is 39.3 Å². The maximum Gasteiger partial charge on any atom is -0.0173 e. The molecule has 88 valence electrons. The summed E-state index contributed by atoms with van der Waals surface area (Å²) in [5.41, 5.74) is 1.27. The van der Waals surface area contributed by atoms with E-state index in [0.717, 1.165) is 24.2 Å². The summed E-state index contributed by atoms with van der Waals surface area (Å²) in [4.78, 5) is 0. The summed E-state index contributed by atoms with van der Waals surface area (Å²) in [5, 5.41) is 0. The first-order valence-electron chi connectivity index (χ1n) is 6.15. The molecular formula is C15H28. The van der Waals surface area contributed by atoms with Crippen molar-refractivity contribution in [1.82, 2.24) is 0 Å². The Kier molecular flexibility index (Phi) is 6.63. The molecule has 0 heterocycles. The minimum absolute atomic E-state index is 0.601. The second-order valence-electron chi connectivity index (χ2n) is 5.50. The molecule has 0 radical (unpaired) electrons. The molecule has 0 aliphatic rings. The van der Waals surface area contributed by atoms with Crippen LogP contribution in [0.2, 0.25) is 0 Å². The maximum atomic E-state index is 3.99. The number of allylic oxidation sites excluding steroid dienone is 2. The van der Waals surface area contributed by atoms with Gasteiger partial charge in [0.15, 0.2) is 0 Å². The zero-order valence-electron chi connectivity index (χ0n) is 11.2. The van der Waals surface area contributed by atoms with Crippen LogP contribution in [0, 0.1) is 23.7 Å². The first-order chi connectivity index (χ1) is 6.88. The lowest BCUT2D eigenvalue weighted by molar-refractivity contribution is 0.287. The Morgan fingerprint density at radius 2 is 1.67 bits per heavy atom. The zero-order valence-corrected chi connectivity index (χ0v) is 11.2. The fraction of sp³-hybridized carbons (Fsp3) is 0.733. The van der Waals surface area contributed by atoms with E-state index in [1.54, 1.807) is 0 Å². The molecule has 0 aromatic rings. The molecule has 0 aromatic carbocycles. The third-order valence-corrected chi connectivity index (χ3v) is 3.50. The minimum Gasteiger partial charge on any atom is -0.103 e. The molecule has 0 amide bonds. The topological polar surface area (TPSA) is 0 Å².